The number of thioether (sulfide) groups is 1. The lowest BCUT2D eigenvalue weighted by Crippen LogP contribution is -2.43. The van der Waals surface area contributed by atoms with E-state index in [2.05, 4.69) is 26.8 Å². The Balaban J connectivity index is 1.79. The number of hydrogen-bond donors (Lipinski definition) is 0. The van der Waals surface area contributed by atoms with Crippen LogP contribution in [-0.4, -0.2) is 51.9 Å². The Bertz CT molecular complexity index is 1390. The van der Waals surface area contributed by atoms with Crippen LogP contribution in [0.5, 0.6) is 0 Å². The molecule has 0 spiro atoms. The Labute approximate surface area is 228 Å². The SMILES string of the molecule is Cc1ccc(-n2nc(C(C)(C)C)c3c2N(CC(=O)N2CCCC2)C(=O)CSC3c2ccccc2F)c(C)c1. The fourth-order valence-corrected chi connectivity index (χ4v) is 6.64. The number of fused-ring (bicyclic) bond motifs is 1. The molecule has 2 aromatic carbocycles. The number of nitrogens with zero attached hydrogens (tertiary/aromatic N) is 4. The van der Waals surface area contributed by atoms with Gasteiger partial charge in [-0.3, -0.25) is 14.5 Å². The van der Waals surface area contributed by atoms with Gasteiger partial charge in [0.1, 0.15) is 18.2 Å². The van der Waals surface area contributed by atoms with Gasteiger partial charge in [0, 0.05) is 29.6 Å². The van der Waals surface area contributed by atoms with Crippen LogP contribution < -0.4 is 4.90 Å². The predicted octanol–water partition coefficient (Wildman–Crippen LogP) is 5.72. The van der Waals surface area contributed by atoms with Crippen LogP contribution in [0.2, 0.25) is 0 Å². The molecule has 0 aliphatic carbocycles. The number of anilines is 1. The molecule has 1 atom stereocenters. The Morgan fingerprint density at radius 1 is 1.11 bits per heavy atom. The van der Waals surface area contributed by atoms with Crippen LogP contribution in [0.1, 0.15) is 66.8 Å². The maximum atomic E-state index is 15.3. The van der Waals surface area contributed by atoms with Crippen molar-refractivity contribution in [2.24, 2.45) is 0 Å². The lowest BCUT2D eigenvalue weighted by Gasteiger charge is -2.26. The van der Waals surface area contributed by atoms with Gasteiger partial charge >= 0.3 is 0 Å². The minimum Gasteiger partial charge on any atom is -0.341 e. The number of benzene rings is 2. The summed E-state index contributed by atoms with van der Waals surface area (Å²) in [5, 5.41) is 4.67. The average molecular weight is 535 g/mol. The van der Waals surface area contributed by atoms with Crippen molar-refractivity contribution in [2.75, 3.05) is 30.3 Å². The molecule has 2 aliphatic heterocycles. The molecule has 38 heavy (non-hydrogen) atoms. The van der Waals surface area contributed by atoms with E-state index in [0.717, 1.165) is 40.9 Å². The van der Waals surface area contributed by atoms with Gasteiger partial charge in [0.15, 0.2) is 0 Å². The van der Waals surface area contributed by atoms with Crippen LogP contribution in [0.15, 0.2) is 42.5 Å². The number of aromatic nitrogens is 2. The van der Waals surface area contributed by atoms with E-state index in [-0.39, 0.29) is 29.9 Å². The molecule has 0 radical (unpaired) electrons. The van der Waals surface area contributed by atoms with Crippen LogP contribution in [0, 0.1) is 19.7 Å². The van der Waals surface area contributed by atoms with Crippen LogP contribution in [0.25, 0.3) is 5.69 Å². The third-order valence-corrected chi connectivity index (χ3v) is 8.56. The van der Waals surface area contributed by atoms with Gasteiger partial charge in [-0.25, -0.2) is 9.07 Å². The molecule has 3 aromatic rings. The molecule has 6 nitrogen and oxygen atoms in total. The number of carbonyl (C=O) groups is 2. The fraction of sp³-hybridized carbons (Fsp3) is 0.433. The molecule has 2 aliphatic rings. The summed E-state index contributed by atoms with van der Waals surface area (Å²) < 4.78 is 17.1. The van der Waals surface area contributed by atoms with E-state index in [0.29, 0.717) is 24.5 Å². The third kappa shape index (κ3) is 4.86. The molecule has 0 bridgehead atoms. The summed E-state index contributed by atoms with van der Waals surface area (Å²) in [5.74, 6) is 0.148. The molecular weight excluding hydrogens is 499 g/mol. The van der Waals surface area contributed by atoms with Gasteiger partial charge in [0.2, 0.25) is 11.8 Å². The second kappa shape index (κ2) is 10.2. The van der Waals surface area contributed by atoms with Crippen molar-refractivity contribution in [3.63, 3.8) is 0 Å². The highest BCUT2D eigenvalue weighted by atomic mass is 32.2. The van der Waals surface area contributed by atoms with Gasteiger partial charge in [-0.05, 0) is 44.4 Å². The van der Waals surface area contributed by atoms with E-state index in [1.807, 2.05) is 41.6 Å². The third-order valence-electron chi connectivity index (χ3n) is 7.32. The van der Waals surface area contributed by atoms with Gasteiger partial charge in [-0.15, -0.1) is 11.8 Å². The summed E-state index contributed by atoms with van der Waals surface area (Å²) in [5.41, 5.74) is 4.69. The summed E-state index contributed by atoms with van der Waals surface area (Å²) in [7, 11) is 0. The summed E-state index contributed by atoms with van der Waals surface area (Å²) in [6.07, 6.45) is 1.95. The summed E-state index contributed by atoms with van der Waals surface area (Å²) in [6.45, 7) is 11.7. The number of aryl methyl sites for hydroxylation is 2. The standard InChI is InChI=1S/C30H35FN4O2S/c1-19-12-13-23(20(2)16-19)35-29-26(28(32-35)30(3,4)5)27(21-10-6-7-11-22(21)31)38-18-25(37)34(29)17-24(36)33-14-8-9-15-33/h6-7,10-13,16,27H,8-9,14-15,17-18H2,1-5H3. The van der Waals surface area contributed by atoms with E-state index in [1.165, 1.54) is 17.8 Å². The second-order valence-corrected chi connectivity index (χ2v) is 12.4. The van der Waals surface area contributed by atoms with Crippen molar-refractivity contribution in [3.8, 4) is 5.69 Å². The highest BCUT2D eigenvalue weighted by Crippen LogP contribution is 2.49. The van der Waals surface area contributed by atoms with Gasteiger partial charge in [-0.1, -0.05) is 56.7 Å². The smallest absolute Gasteiger partial charge is 0.242 e. The maximum absolute atomic E-state index is 15.3. The van der Waals surface area contributed by atoms with E-state index in [9.17, 15) is 9.59 Å². The predicted molar refractivity (Wildman–Crippen MR) is 151 cm³/mol. The van der Waals surface area contributed by atoms with Crippen molar-refractivity contribution in [1.29, 1.82) is 0 Å². The molecule has 0 N–H and O–H groups in total. The van der Waals surface area contributed by atoms with Crippen molar-refractivity contribution in [2.45, 2.75) is 58.1 Å². The molecule has 3 heterocycles. The first-order chi connectivity index (χ1) is 18.1. The average Bonchev–Trinajstić information content (AvgIpc) is 3.50. The fourth-order valence-electron chi connectivity index (χ4n) is 5.42. The van der Waals surface area contributed by atoms with Crippen LogP contribution in [0.3, 0.4) is 0 Å². The zero-order valence-corrected chi connectivity index (χ0v) is 23.6. The number of hydrogen-bond acceptors (Lipinski definition) is 4. The molecule has 2 amide bonds. The lowest BCUT2D eigenvalue weighted by atomic mass is 9.87. The molecular formula is C30H35FN4O2S. The summed E-state index contributed by atoms with van der Waals surface area (Å²) >= 11 is 1.40. The number of carbonyl (C=O) groups excluding carboxylic acids is 2. The molecule has 1 saturated heterocycles. The first-order valence-electron chi connectivity index (χ1n) is 13.2. The van der Waals surface area contributed by atoms with Crippen LogP contribution >= 0.6 is 11.8 Å². The van der Waals surface area contributed by atoms with E-state index < -0.39 is 10.7 Å². The van der Waals surface area contributed by atoms with Crippen molar-refractivity contribution >= 4 is 29.4 Å². The molecule has 0 saturated carbocycles. The number of amides is 2. The minimum atomic E-state index is -0.448. The zero-order chi connectivity index (χ0) is 27.2. The van der Waals surface area contributed by atoms with Gasteiger partial charge in [0.05, 0.1) is 22.4 Å². The van der Waals surface area contributed by atoms with Crippen LogP contribution in [-0.2, 0) is 15.0 Å². The second-order valence-electron chi connectivity index (χ2n) is 11.3. The first kappa shape index (κ1) is 26.5. The Morgan fingerprint density at radius 3 is 2.47 bits per heavy atom. The minimum absolute atomic E-state index is 0.0590. The summed E-state index contributed by atoms with van der Waals surface area (Å²) in [4.78, 5) is 30.6. The number of likely N-dealkylation sites (tertiary alicyclic amines) is 1. The topological polar surface area (TPSA) is 58.4 Å². The van der Waals surface area contributed by atoms with E-state index in [4.69, 9.17) is 5.10 Å². The maximum Gasteiger partial charge on any atom is 0.242 e. The number of rotatable bonds is 4. The molecule has 5 rings (SSSR count). The summed E-state index contributed by atoms with van der Waals surface area (Å²) in [6, 6.07) is 12.9. The zero-order valence-electron chi connectivity index (χ0n) is 22.8. The van der Waals surface area contributed by atoms with Gasteiger partial charge in [0.25, 0.3) is 0 Å². The Hall–Kier alpha value is -3.13. The monoisotopic (exact) mass is 534 g/mol. The highest BCUT2D eigenvalue weighted by Gasteiger charge is 2.41. The largest absolute Gasteiger partial charge is 0.341 e. The highest BCUT2D eigenvalue weighted by molar-refractivity contribution is 8.00. The van der Waals surface area contributed by atoms with E-state index in [1.54, 1.807) is 17.0 Å². The lowest BCUT2D eigenvalue weighted by molar-refractivity contribution is -0.130. The molecule has 1 fully saturated rings. The quantitative estimate of drug-likeness (QED) is 0.430. The van der Waals surface area contributed by atoms with Gasteiger partial charge < -0.3 is 4.90 Å². The normalized spacial score (nSPS) is 18.1. The van der Waals surface area contributed by atoms with Gasteiger partial charge in [-0.2, -0.15) is 5.10 Å². The van der Waals surface area contributed by atoms with Crippen LogP contribution in [0.4, 0.5) is 10.2 Å². The van der Waals surface area contributed by atoms with Crippen molar-refractivity contribution in [3.05, 3.63) is 76.2 Å². The molecule has 1 unspecified atom stereocenters. The Morgan fingerprint density at radius 2 is 1.82 bits per heavy atom. The Kier molecular flexibility index (Phi) is 7.11. The van der Waals surface area contributed by atoms with E-state index >= 15 is 4.39 Å². The first-order valence-corrected chi connectivity index (χ1v) is 14.3. The number of halogens is 1. The van der Waals surface area contributed by atoms with Crippen molar-refractivity contribution < 1.29 is 14.0 Å². The molecule has 8 heteroatoms. The molecule has 1 aromatic heterocycles. The van der Waals surface area contributed by atoms with Crippen molar-refractivity contribution in [1.82, 2.24) is 14.7 Å². The molecule has 200 valence electrons.